The minimum atomic E-state index is -0.656. The van der Waals surface area contributed by atoms with Crippen molar-refractivity contribution in [2.75, 3.05) is 20.2 Å². The number of esters is 1. The van der Waals surface area contributed by atoms with E-state index >= 15 is 0 Å². The smallest absolute Gasteiger partial charge is 0.308 e. The lowest BCUT2D eigenvalue weighted by Gasteiger charge is -2.39. The van der Waals surface area contributed by atoms with Gasteiger partial charge >= 0.3 is 5.97 Å². The zero-order chi connectivity index (χ0) is 13.9. The molecule has 0 spiro atoms. The summed E-state index contributed by atoms with van der Waals surface area (Å²) in [5.41, 5.74) is 5.61. The number of hydrogen-bond donors (Lipinski definition) is 1. The number of nitrogens with two attached hydrogens (primary N) is 1. The minimum Gasteiger partial charge on any atom is -0.469 e. The fourth-order valence-electron chi connectivity index (χ4n) is 3.20. The van der Waals surface area contributed by atoms with Crippen LogP contribution >= 0.6 is 0 Å². The lowest BCUT2D eigenvalue weighted by molar-refractivity contribution is -0.150. The van der Waals surface area contributed by atoms with Crippen molar-refractivity contribution in [3.63, 3.8) is 0 Å². The summed E-state index contributed by atoms with van der Waals surface area (Å²) >= 11 is 0. The molecular weight excluding hydrogens is 244 g/mol. The van der Waals surface area contributed by atoms with Crippen molar-refractivity contribution < 1.29 is 14.3 Å². The second-order valence-corrected chi connectivity index (χ2v) is 5.81. The zero-order valence-corrected chi connectivity index (χ0v) is 11.7. The summed E-state index contributed by atoms with van der Waals surface area (Å²) in [6, 6.07) is 0. The van der Waals surface area contributed by atoms with E-state index in [-0.39, 0.29) is 17.8 Å². The molecule has 108 valence electrons. The molecule has 0 bridgehead atoms. The van der Waals surface area contributed by atoms with Crippen LogP contribution in [0.4, 0.5) is 0 Å². The molecule has 0 unspecified atom stereocenters. The van der Waals surface area contributed by atoms with Gasteiger partial charge in [0.05, 0.1) is 18.6 Å². The molecule has 2 rings (SSSR count). The monoisotopic (exact) mass is 268 g/mol. The van der Waals surface area contributed by atoms with Gasteiger partial charge in [0.25, 0.3) is 0 Å². The molecule has 1 aliphatic heterocycles. The number of rotatable bonds is 2. The highest BCUT2D eigenvalue weighted by Crippen LogP contribution is 2.29. The maximum atomic E-state index is 12.5. The molecule has 2 fully saturated rings. The van der Waals surface area contributed by atoms with Crippen LogP contribution in [0.3, 0.4) is 0 Å². The van der Waals surface area contributed by atoms with E-state index in [1.54, 1.807) is 0 Å². The van der Waals surface area contributed by atoms with Crippen LogP contribution in [0.2, 0.25) is 0 Å². The summed E-state index contributed by atoms with van der Waals surface area (Å²) in [5, 5.41) is 0. The number of nitrogens with zero attached hydrogens (tertiary/aromatic N) is 1. The van der Waals surface area contributed by atoms with E-state index in [2.05, 4.69) is 0 Å². The first-order valence-electron chi connectivity index (χ1n) is 7.23. The van der Waals surface area contributed by atoms with Crippen molar-refractivity contribution in [2.45, 2.75) is 50.5 Å². The Labute approximate surface area is 114 Å². The first-order valence-corrected chi connectivity index (χ1v) is 7.23. The first kappa shape index (κ1) is 14.3. The molecule has 0 aromatic carbocycles. The number of carbonyl (C=O) groups is 2. The van der Waals surface area contributed by atoms with Gasteiger partial charge in [0.2, 0.25) is 5.91 Å². The van der Waals surface area contributed by atoms with E-state index in [1.807, 2.05) is 4.90 Å². The highest BCUT2D eigenvalue weighted by molar-refractivity contribution is 5.86. The van der Waals surface area contributed by atoms with Crippen LogP contribution in [0.1, 0.15) is 44.9 Å². The quantitative estimate of drug-likeness (QED) is 0.760. The van der Waals surface area contributed by atoms with Crippen LogP contribution in [-0.2, 0) is 14.3 Å². The topological polar surface area (TPSA) is 72.6 Å². The van der Waals surface area contributed by atoms with Gasteiger partial charge in [0, 0.05) is 13.1 Å². The summed E-state index contributed by atoms with van der Waals surface area (Å²) in [6.45, 7) is 1.25. The molecule has 5 heteroatoms. The largest absolute Gasteiger partial charge is 0.469 e. The molecule has 1 aliphatic carbocycles. The summed E-state index contributed by atoms with van der Waals surface area (Å²) in [5.74, 6) is -0.142. The Hall–Kier alpha value is -1.10. The maximum Gasteiger partial charge on any atom is 0.308 e. The Kier molecular flexibility index (Phi) is 4.45. The van der Waals surface area contributed by atoms with Crippen LogP contribution in [0.5, 0.6) is 0 Å². The molecule has 1 heterocycles. The standard InChI is InChI=1S/C14H24N2O3/c1-19-12(17)11-5-9-16(10-6-11)13(18)14(15)7-3-2-4-8-14/h11H,2-10,15H2,1H3. The molecule has 0 aromatic rings. The van der Waals surface area contributed by atoms with Crippen LogP contribution < -0.4 is 5.73 Å². The van der Waals surface area contributed by atoms with Crippen molar-refractivity contribution in [1.82, 2.24) is 4.90 Å². The fourth-order valence-corrected chi connectivity index (χ4v) is 3.20. The van der Waals surface area contributed by atoms with Crippen molar-refractivity contribution >= 4 is 11.9 Å². The SMILES string of the molecule is COC(=O)C1CCN(C(=O)C2(N)CCCCC2)CC1. The second-order valence-electron chi connectivity index (χ2n) is 5.81. The molecule has 2 aliphatic rings. The molecule has 19 heavy (non-hydrogen) atoms. The number of piperidine rings is 1. The van der Waals surface area contributed by atoms with Gasteiger partial charge in [0.1, 0.15) is 0 Å². The summed E-state index contributed by atoms with van der Waals surface area (Å²) in [6.07, 6.45) is 6.23. The van der Waals surface area contributed by atoms with Gasteiger partial charge in [-0.2, -0.15) is 0 Å². The molecule has 1 saturated carbocycles. The number of likely N-dealkylation sites (tertiary alicyclic amines) is 1. The summed E-state index contributed by atoms with van der Waals surface area (Å²) < 4.78 is 4.75. The number of methoxy groups -OCH3 is 1. The van der Waals surface area contributed by atoms with E-state index in [9.17, 15) is 9.59 Å². The Bertz CT molecular complexity index is 343. The number of hydrogen-bond acceptors (Lipinski definition) is 4. The predicted octanol–water partition coefficient (Wildman–Crippen LogP) is 1.06. The summed E-state index contributed by atoms with van der Waals surface area (Å²) in [4.78, 5) is 25.8. The van der Waals surface area contributed by atoms with Gasteiger partial charge in [-0.25, -0.2) is 0 Å². The number of carbonyl (C=O) groups excluding carboxylic acids is 2. The molecule has 5 nitrogen and oxygen atoms in total. The van der Waals surface area contributed by atoms with Gasteiger partial charge in [-0.1, -0.05) is 19.3 Å². The normalized spacial score (nSPS) is 24.0. The minimum absolute atomic E-state index is 0.0610. The highest BCUT2D eigenvalue weighted by atomic mass is 16.5. The van der Waals surface area contributed by atoms with E-state index < -0.39 is 5.54 Å². The number of ether oxygens (including phenoxy) is 1. The van der Waals surface area contributed by atoms with Gasteiger partial charge in [-0.05, 0) is 25.7 Å². The fraction of sp³-hybridized carbons (Fsp3) is 0.857. The third-order valence-electron chi connectivity index (χ3n) is 4.49. The average molecular weight is 268 g/mol. The lowest BCUT2D eigenvalue weighted by Crippen LogP contribution is -2.57. The van der Waals surface area contributed by atoms with E-state index in [4.69, 9.17) is 10.5 Å². The number of amides is 1. The van der Waals surface area contributed by atoms with Gasteiger partial charge in [0.15, 0.2) is 0 Å². The Morgan fingerprint density at radius 2 is 1.74 bits per heavy atom. The van der Waals surface area contributed by atoms with Gasteiger partial charge in [-0.3, -0.25) is 9.59 Å². The van der Waals surface area contributed by atoms with Crippen LogP contribution in [0, 0.1) is 5.92 Å². The molecular formula is C14H24N2O3. The van der Waals surface area contributed by atoms with Gasteiger partial charge in [-0.15, -0.1) is 0 Å². The van der Waals surface area contributed by atoms with E-state index in [1.165, 1.54) is 13.5 Å². The van der Waals surface area contributed by atoms with E-state index in [0.717, 1.165) is 25.7 Å². The lowest BCUT2D eigenvalue weighted by atomic mass is 9.81. The molecule has 1 saturated heterocycles. The van der Waals surface area contributed by atoms with Gasteiger partial charge < -0.3 is 15.4 Å². The third-order valence-corrected chi connectivity index (χ3v) is 4.49. The third kappa shape index (κ3) is 3.08. The molecule has 0 atom stereocenters. The Morgan fingerprint density at radius 3 is 2.26 bits per heavy atom. The Morgan fingerprint density at radius 1 is 1.16 bits per heavy atom. The van der Waals surface area contributed by atoms with Crippen molar-refractivity contribution in [2.24, 2.45) is 11.7 Å². The van der Waals surface area contributed by atoms with E-state index in [0.29, 0.717) is 25.9 Å². The highest BCUT2D eigenvalue weighted by Gasteiger charge is 2.40. The van der Waals surface area contributed by atoms with Crippen LogP contribution in [0.15, 0.2) is 0 Å². The molecule has 2 N–H and O–H groups in total. The molecule has 0 aromatic heterocycles. The second kappa shape index (κ2) is 5.90. The average Bonchev–Trinajstić information content (AvgIpc) is 2.46. The Balaban J connectivity index is 1.90. The first-order chi connectivity index (χ1) is 9.07. The van der Waals surface area contributed by atoms with Crippen LogP contribution in [-0.4, -0.2) is 42.5 Å². The van der Waals surface area contributed by atoms with Crippen molar-refractivity contribution in [3.05, 3.63) is 0 Å². The van der Waals surface area contributed by atoms with Crippen LogP contribution in [0.25, 0.3) is 0 Å². The summed E-state index contributed by atoms with van der Waals surface area (Å²) in [7, 11) is 1.41. The maximum absolute atomic E-state index is 12.5. The zero-order valence-electron chi connectivity index (χ0n) is 11.7. The molecule has 0 radical (unpaired) electrons. The van der Waals surface area contributed by atoms with Crippen molar-refractivity contribution in [3.8, 4) is 0 Å². The van der Waals surface area contributed by atoms with Crippen molar-refractivity contribution in [1.29, 1.82) is 0 Å². The molecule has 1 amide bonds. The predicted molar refractivity (Wildman–Crippen MR) is 71.3 cm³/mol.